The van der Waals surface area contributed by atoms with Gasteiger partial charge in [-0.05, 0) is 36.4 Å². The highest BCUT2D eigenvalue weighted by atomic mass is 32.2. The topological polar surface area (TPSA) is 63.5 Å². The fourth-order valence-electron chi connectivity index (χ4n) is 2.40. The molecule has 0 saturated heterocycles. The van der Waals surface area contributed by atoms with Crippen LogP contribution in [0.15, 0.2) is 71.2 Å². The van der Waals surface area contributed by atoms with Crippen molar-refractivity contribution in [2.75, 3.05) is 4.72 Å². The molecule has 0 atom stereocenters. The maximum absolute atomic E-state index is 12.9. The standard InChI is InChI=1S/C17H12FN3O2S2/c18-13-3-7-15(8-4-13)25(22,23)20-14-5-1-12(2-6-14)16-11-21-9-10-24-17(21)19-16/h1-11,20H. The number of benzene rings is 2. The van der Waals surface area contributed by atoms with Gasteiger partial charge in [-0.2, -0.15) is 0 Å². The highest BCUT2D eigenvalue weighted by Crippen LogP contribution is 2.24. The summed E-state index contributed by atoms with van der Waals surface area (Å²) < 4.78 is 42.0. The molecule has 0 fully saturated rings. The monoisotopic (exact) mass is 373 g/mol. The molecular weight excluding hydrogens is 361 g/mol. The van der Waals surface area contributed by atoms with Crippen molar-refractivity contribution in [3.63, 3.8) is 0 Å². The van der Waals surface area contributed by atoms with Gasteiger partial charge in [-0.25, -0.2) is 17.8 Å². The molecule has 5 nitrogen and oxygen atoms in total. The lowest BCUT2D eigenvalue weighted by molar-refractivity contribution is 0.599. The Morgan fingerprint density at radius 2 is 1.76 bits per heavy atom. The van der Waals surface area contributed by atoms with E-state index in [4.69, 9.17) is 0 Å². The van der Waals surface area contributed by atoms with Crippen LogP contribution in [0, 0.1) is 5.82 Å². The van der Waals surface area contributed by atoms with Crippen molar-refractivity contribution in [2.45, 2.75) is 4.90 Å². The van der Waals surface area contributed by atoms with Gasteiger partial charge in [0.2, 0.25) is 0 Å². The molecular formula is C17H12FN3O2S2. The lowest BCUT2D eigenvalue weighted by atomic mass is 10.1. The summed E-state index contributed by atoms with van der Waals surface area (Å²) in [7, 11) is -3.75. The van der Waals surface area contributed by atoms with Crippen molar-refractivity contribution in [1.82, 2.24) is 9.38 Å². The van der Waals surface area contributed by atoms with Crippen LogP contribution in [0.25, 0.3) is 16.2 Å². The number of thiazole rings is 1. The highest BCUT2D eigenvalue weighted by Gasteiger charge is 2.14. The number of rotatable bonds is 4. The molecule has 4 rings (SSSR count). The number of sulfonamides is 1. The smallest absolute Gasteiger partial charge is 0.261 e. The van der Waals surface area contributed by atoms with Crippen LogP contribution in [0.4, 0.5) is 10.1 Å². The van der Waals surface area contributed by atoms with Crippen LogP contribution < -0.4 is 4.72 Å². The Labute approximate surface area is 147 Å². The first kappa shape index (κ1) is 15.8. The lowest BCUT2D eigenvalue weighted by Crippen LogP contribution is -2.12. The molecule has 2 heterocycles. The number of imidazole rings is 1. The van der Waals surface area contributed by atoms with E-state index in [1.807, 2.05) is 22.2 Å². The Morgan fingerprint density at radius 3 is 2.44 bits per heavy atom. The minimum absolute atomic E-state index is 0.00677. The fraction of sp³-hybridized carbons (Fsp3) is 0. The summed E-state index contributed by atoms with van der Waals surface area (Å²) in [5, 5.41) is 1.96. The quantitative estimate of drug-likeness (QED) is 0.588. The molecule has 2 aromatic carbocycles. The summed E-state index contributed by atoms with van der Waals surface area (Å²) in [5.41, 5.74) is 2.13. The van der Waals surface area contributed by atoms with Crippen LogP contribution in [0.2, 0.25) is 0 Å². The Balaban J connectivity index is 1.57. The predicted octanol–water partition coefficient (Wildman–Crippen LogP) is 4.00. The van der Waals surface area contributed by atoms with Crippen molar-refractivity contribution in [3.05, 3.63) is 72.1 Å². The fourth-order valence-corrected chi connectivity index (χ4v) is 4.16. The van der Waals surface area contributed by atoms with Gasteiger partial charge in [-0.3, -0.25) is 9.12 Å². The summed E-state index contributed by atoms with van der Waals surface area (Å²) in [4.78, 5) is 5.42. The van der Waals surface area contributed by atoms with Crippen LogP contribution in [-0.4, -0.2) is 17.8 Å². The van der Waals surface area contributed by atoms with E-state index >= 15 is 0 Å². The summed E-state index contributed by atoms with van der Waals surface area (Å²) >= 11 is 1.55. The third-order valence-corrected chi connectivity index (χ3v) is 5.82. The molecule has 0 aliphatic heterocycles. The van der Waals surface area contributed by atoms with Crippen LogP contribution in [0.3, 0.4) is 0 Å². The van der Waals surface area contributed by atoms with E-state index < -0.39 is 15.8 Å². The zero-order valence-electron chi connectivity index (χ0n) is 12.8. The minimum atomic E-state index is -3.75. The Morgan fingerprint density at radius 1 is 1.04 bits per heavy atom. The van der Waals surface area contributed by atoms with Gasteiger partial charge in [0, 0.05) is 29.0 Å². The second kappa shape index (κ2) is 5.98. The van der Waals surface area contributed by atoms with Crippen LogP contribution >= 0.6 is 11.3 Å². The van der Waals surface area contributed by atoms with Gasteiger partial charge in [0.25, 0.3) is 10.0 Å². The Kier molecular flexibility index (Phi) is 3.78. The van der Waals surface area contributed by atoms with Crippen molar-refractivity contribution in [2.24, 2.45) is 0 Å². The number of halogens is 1. The van der Waals surface area contributed by atoms with Crippen molar-refractivity contribution < 1.29 is 12.8 Å². The first-order chi connectivity index (χ1) is 12.0. The second-order valence-corrected chi connectivity index (χ2v) is 7.91. The van der Waals surface area contributed by atoms with Gasteiger partial charge in [0.1, 0.15) is 5.82 Å². The maximum Gasteiger partial charge on any atom is 0.261 e. The predicted molar refractivity (Wildman–Crippen MR) is 95.7 cm³/mol. The van der Waals surface area contributed by atoms with Gasteiger partial charge in [-0.1, -0.05) is 12.1 Å². The summed E-state index contributed by atoms with van der Waals surface area (Å²) in [6, 6.07) is 11.6. The molecule has 0 bridgehead atoms. The van der Waals surface area contributed by atoms with Gasteiger partial charge < -0.3 is 0 Å². The minimum Gasteiger partial charge on any atom is -0.297 e. The maximum atomic E-state index is 12.9. The third kappa shape index (κ3) is 3.13. The summed E-state index contributed by atoms with van der Waals surface area (Å²) in [6.07, 6.45) is 3.85. The van der Waals surface area contributed by atoms with Crippen LogP contribution in [0.1, 0.15) is 0 Å². The molecule has 0 spiro atoms. The number of hydrogen-bond acceptors (Lipinski definition) is 4. The molecule has 0 aliphatic carbocycles. The molecule has 0 unspecified atom stereocenters. The van der Waals surface area contributed by atoms with E-state index in [9.17, 15) is 12.8 Å². The molecule has 0 amide bonds. The molecule has 0 radical (unpaired) electrons. The number of hydrogen-bond donors (Lipinski definition) is 1. The number of fused-ring (bicyclic) bond motifs is 1. The summed E-state index contributed by atoms with van der Waals surface area (Å²) in [6.45, 7) is 0. The van der Waals surface area contributed by atoms with Crippen LogP contribution in [-0.2, 0) is 10.0 Å². The van der Waals surface area contributed by atoms with Gasteiger partial charge >= 0.3 is 0 Å². The SMILES string of the molecule is O=S(=O)(Nc1ccc(-c2cn3ccsc3n2)cc1)c1ccc(F)cc1. The normalized spacial score (nSPS) is 11.7. The number of nitrogens with one attached hydrogen (secondary N) is 1. The molecule has 25 heavy (non-hydrogen) atoms. The van der Waals surface area contributed by atoms with Crippen molar-refractivity contribution in [1.29, 1.82) is 0 Å². The van der Waals surface area contributed by atoms with E-state index in [0.29, 0.717) is 5.69 Å². The Hall–Kier alpha value is -2.71. The molecule has 8 heteroatoms. The van der Waals surface area contributed by atoms with E-state index in [1.165, 1.54) is 12.1 Å². The first-order valence-electron chi connectivity index (χ1n) is 7.32. The highest BCUT2D eigenvalue weighted by molar-refractivity contribution is 7.92. The van der Waals surface area contributed by atoms with E-state index in [1.54, 1.807) is 35.6 Å². The Bertz CT molecular complexity index is 1100. The molecule has 1 N–H and O–H groups in total. The van der Waals surface area contributed by atoms with Gasteiger partial charge in [-0.15, -0.1) is 11.3 Å². The largest absolute Gasteiger partial charge is 0.297 e. The molecule has 0 aliphatic rings. The van der Waals surface area contributed by atoms with E-state index in [0.717, 1.165) is 28.4 Å². The lowest BCUT2D eigenvalue weighted by Gasteiger charge is -2.08. The van der Waals surface area contributed by atoms with Crippen molar-refractivity contribution >= 4 is 32.0 Å². The molecule has 4 aromatic rings. The molecule has 0 saturated carbocycles. The van der Waals surface area contributed by atoms with Gasteiger partial charge in [0.05, 0.1) is 10.6 Å². The third-order valence-electron chi connectivity index (χ3n) is 3.65. The second-order valence-electron chi connectivity index (χ2n) is 5.36. The summed E-state index contributed by atoms with van der Waals surface area (Å²) in [5.74, 6) is -0.483. The number of aromatic nitrogens is 2. The van der Waals surface area contributed by atoms with Crippen molar-refractivity contribution in [3.8, 4) is 11.3 Å². The number of anilines is 1. The van der Waals surface area contributed by atoms with Crippen LogP contribution in [0.5, 0.6) is 0 Å². The average Bonchev–Trinajstić information content (AvgIpc) is 3.17. The van der Waals surface area contributed by atoms with E-state index in [2.05, 4.69) is 9.71 Å². The number of nitrogens with zero attached hydrogens (tertiary/aromatic N) is 2. The average molecular weight is 373 g/mol. The zero-order valence-corrected chi connectivity index (χ0v) is 14.4. The van der Waals surface area contributed by atoms with E-state index in [-0.39, 0.29) is 4.90 Å². The zero-order chi connectivity index (χ0) is 17.4. The molecule has 2 aromatic heterocycles. The first-order valence-corrected chi connectivity index (χ1v) is 9.69. The molecule has 126 valence electrons. The van der Waals surface area contributed by atoms with Gasteiger partial charge in [0.15, 0.2) is 4.96 Å².